The third-order valence-electron chi connectivity index (χ3n) is 6.34. The third kappa shape index (κ3) is 6.08. The fraction of sp³-hybridized carbons (Fsp3) is 0.214. The molecule has 0 amide bonds. The normalized spacial score (nSPS) is 15.1. The van der Waals surface area contributed by atoms with E-state index < -0.39 is 11.8 Å². The lowest BCUT2D eigenvalue weighted by Crippen LogP contribution is -2.32. The van der Waals surface area contributed by atoms with Gasteiger partial charge in [0.05, 0.1) is 41.5 Å². The average molecular weight is 550 g/mol. The molecule has 39 heavy (non-hydrogen) atoms. The molecule has 5 rings (SSSR count). The molecule has 0 spiro atoms. The van der Waals surface area contributed by atoms with Crippen LogP contribution < -0.4 is 10.1 Å². The minimum absolute atomic E-state index is 0.0220. The van der Waals surface area contributed by atoms with Crippen molar-refractivity contribution in [3.8, 4) is 5.88 Å². The fourth-order valence-electron chi connectivity index (χ4n) is 4.16. The van der Waals surface area contributed by atoms with Crippen molar-refractivity contribution in [2.24, 2.45) is 0 Å². The van der Waals surface area contributed by atoms with E-state index in [9.17, 15) is 14.3 Å². The van der Waals surface area contributed by atoms with E-state index in [0.717, 1.165) is 11.9 Å². The zero-order chi connectivity index (χ0) is 27.4. The van der Waals surface area contributed by atoms with Gasteiger partial charge in [0.1, 0.15) is 18.2 Å². The lowest BCUT2D eigenvalue weighted by molar-refractivity contribution is -0.0590. The highest BCUT2D eigenvalue weighted by Gasteiger charge is 2.22. The molecule has 1 atom stereocenters. The van der Waals surface area contributed by atoms with Gasteiger partial charge in [-0.1, -0.05) is 23.7 Å². The number of allylic oxidation sites excluding steroid dienone is 1. The van der Waals surface area contributed by atoms with Gasteiger partial charge in [0.2, 0.25) is 5.88 Å². The Hall–Kier alpha value is -4.28. The molecule has 11 heteroatoms. The Bertz CT molecular complexity index is 1570. The van der Waals surface area contributed by atoms with Gasteiger partial charge in [-0.3, -0.25) is 0 Å². The summed E-state index contributed by atoms with van der Waals surface area (Å²) in [5, 5.41) is 20.8. The Labute approximate surface area is 228 Å². The fourth-order valence-corrected chi connectivity index (χ4v) is 4.32. The molecule has 0 radical (unpaired) electrons. The number of nitrogens with one attached hydrogen (secondary N) is 2. The molecular formula is C28H25ClFN5O4. The number of carboxylic acids is 1. The van der Waals surface area contributed by atoms with Crippen LogP contribution in [0.4, 0.5) is 4.39 Å². The second kappa shape index (κ2) is 11.6. The lowest BCUT2D eigenvalue weighted by atomic mass is 10.1. The van der Waals surface area contributed by atoms with E-state index >= 15 is 0 Å². The quantitative estimate of drug-likeness (QED) is 0.223. The minimum Gasteiger partial charge on any atom is -0.478 e. The Balaban J connectivity index is 1.32. The predicted octanol–water partition coefficient (Wildman–Crippen LogP) is 5.07. The standard InChI is InChI=1S/C28H25ClFN5O4/c29-20-6-4-18(22(30)11-20)16-39-27-3-1-2-23(34-27)19(12-31)13-32-14-26-33-24-7-5-17(28(36)37)10-25(24)35(26)15-21-8-9-38-21/h1-7,10-13,21,31-32H,8-9,14-16H2,(H,36,37)/b19-13+,31-12?/t21-/m0/s1. The summed E-state index contributed by atoms with van der Waals surface area (Å²) in [6.45, 7) is 1.58. The largest absolute Gasteiger partial charge is 0.478 e. The van der Waals surface area contributed by atoms with Crippen LogP contribution in [0.25, 0.3) is 16.6 Å². The van der Waals surface area contributed by atoms with Crippen molar-refractivity contribution in [2.75, 3.05) is 6.61 Å². The summed E-state index contributed by atoms with van der Waals surface area (Å²) in [5.41, 5.74) is 2.95. The Kier molecular flexibility index (Phi) is 7.85. The van der Waals surface area contributed by atoms with Crippen LogP contribution in [0.2, 0.25) is 5.02 Å². The molecule has 0 aliphatic carbocycles. The van der Waals surface area contributed by atoms with Gasteiger partial charge >= 0.3 is 5.97 Å². The summed E-state index contributed by atoms with van der Waals surface area (Å²) >= 11 is 5.81. The summed E-state index contributed by atoms with van der Waals surface area (Å²) < 4.78 is 27.3. The molecule has 200 valence electrons. The van der Waals surface area contributed by atoms with E-state index in [4.69, 9.17) is 31.5 Å². The number of halogens is 2. The van der Waals surface area contributed by atoms with Crippen LogP contribution >= 0.6 is 11.6 Å². The number of imidazole rings is 1. The monoisotopic (exact) mass is 549 g/mol. The van der Waals surface area contributed by atoms with Gasteiger partial charge < -0.3 is 29.9 Å². The molecule has 2 aromatic heterocycles. The van der Waals surface area contributed by atoms with Gasteiger partial charge in [0.15, 0.2) is 0 Å². The maximum absolute atomic E-state index is 14.1. The molecule has 0 bridgehead atoms. The number of hydrogen-bond donors (Lipinski definition) is 3. The Morgan fingerprint density at radius 2 is 2.10 bits per heavy atom. The molecule has 1 fully saturated rings. The summed E-state index contributed by atoms with van der Waals surface area (Å²) in [6.07, 6.45) is 3.81. The van der Waals surface area contributed by atoms with Gasteiger partial charge in [-0.2, -0.15) is 0 Å². The first-order valence-electron chi connectivity index (χ1n) is 12.2. The number of rotatable bonds is 11. The summed E-state index contributed by atoms with van der Waals surface area (Å²) in [7, 11) is 0. The van der Waals surface area contributed by atoms with Crippen LogP contribution in [-0.4, -0.2) is 44.5 Å². The second-order valence-corrected chi connectivity index (χ2v) is 9.38. The number of carboxylic acid groups (broad SMARTS) is 1. The van der Waals surface area contributed by atoms with Crippen molar-refractivity contribution in [2.45, 2.75) is 32.2 Å². The van der Waals surface area contributed by atoms with E-state index in [1.54, 1.807) is 48.7 Å². The topological polar surface area (TPSA) is 122 Å². The van der Waals surface area contributed by atoms with E-state index in [1.165, 1.54) is 18.3 Å². The minimum atomic E-state index is -1.00. The number of ether oxygens (including phenoxy) is 2. The summed E-state index contributed by atoms with van der Waals surface area (Å²) in [6, 6.07) is 14.4. The van der Waals surface area contributed by atoms with Crippen molar-refractivity contribution in [3.05, 3.63) is 94.3 Å². The molecule has 4 aromatic rings. The van der Waals surface area contributed by atoms with Crippen molar-refractivity contribution in [1.29, 1.82) is 5.41 Å². The maximum Gasteiger partial charge on any atom is 0.335 e. The van der Waals surface area contributed by atoms with Gasteiger partial charge in [-0.25, -0.2) is 19.2 Å². The number of nitrogens with zero attached hydrogens (tertiary/aromatic N) is 3. The lowest BCUT2D eigenvalue weighted by Gasteiger charge is -2.27. The molecule has 0 saturated carbocycles. The molecular weight excluding hydrogens is 525 g/mol. The van der Waals surface area contributed by atoms with Crippen LogP contribution in [0.1, 0.15) is 33.9 Å². The zero-order valence-electron chi connectivity index (χ0n) is 20.7. The number of benzene rings is 2. The number of hydrogen-bond acceptors (Lipinski definition) is 7. The van der Waals surface area contributed by atoms with E-state index in [-0.39, 0.29) is 24.2 Å². The first kappa shape index (κ1) is 26.3. The first-order chi connectivity index (χ1) is 18.9. The molecule has 1 saturated heterocycles. The maximum atomic E-state index is 14.1. The third-order valence-corrected chi connectivity index (χ3v) is 6.57. The Morgan fingerprint density at radius 3 is 2.82 bits per heavy atom. The SMILES string of the molecule is N=C/C(=C\NCc1nc2ccc(C(=O)O)cc2n1C[C@@H]1CCO1)c1cccc(OCc2ccc(Cl)cc2F)n1. The molecule has 2 aromatic carbocycles. The highest BCUT2D eigenvalue weighted by atomic mass is 35.5. The van der Waals surface area contributed by atoms with E-state index in [0.29, 0.717) is 52.9 Å². The highest BCUT2D eigenvalue weighted by molar-refractivity contribution is 6.30. The number of aromatic nitrogens is 3. The number of fused-ring (bicyclic) bond motifs is 1. The van der Waals surface area contributed by atoms with E-state index in [2.05, 4.69) is 10.3 Å². The van der Waals surface area contributed by atoms with Crippen molar-refractivity contribution < 1.29 is 23.8 Å². The van der Waals surface area contributed by atoms with Crippen molar-refractivity contribution >= 4 is 40.4 Å². The zero-order valence-corrected chi connectivity index (χ0v) is 21.5. The van der Waals surface area contributed by atoms with Crippen LogP contribution in [0.5, 0.6) is 5.88 Å². The number of pyridine rings is 1. The van der Waals surface area contributed by atoms with Crippen LogP contribution in [-0.2, 0) is 24.4 Å². The number of carbonyl (C=O) groups is 1. The molecule has 3 N–H and O–H groups in total. The van der Waals surface area contributed by atoms with Crippen molar-refractivity contribution in [3.63, 3.8) is 0 Å². The molecule has 9 nitrogen and oxygen atoms in total. The van der Waals surface area contributed by atoms with Gasteiger partial charge in [0, 0.05) is 41.2 Å². The van der Waals surface area contributed by atoms with Gasteiger partial charge in [0.25, 0.3) is 0 Å². The predicted molar refractivity (Wildman–Crippen MR) is 145 cm³/mol. The van der Waals surface area contributed by atoms with Crippen LogP contribution in [0.15, 0.2) is 60.8 Å². The van der Waals surface area contributed by atoms with Crippen molar-refractivity contribution in [1.82, 2.24) is 19.9 Å². The van der Waals surface area contributed by atoms with Gasteiger partial charge in [-0.15, -0.1) is 0 Å². The molecule has 1 aliphatic rings. The summed E-state index contributed by atoms with van der Waals surface area (Å²) in [5.74, 6) is -0.471. The van der Waals surface area contributed by atoms with E-state index in [1.807, 2.05) is 4.57 Å². The van der Waals surface area contributed by atoms with Gasteiger partial charge in [-0.05, 0) is 42.8 Å². The van der Waals surface area contributed by atoms with Crippen LogP contribution in [0.3, 0.4) is 0 Å². The molecule has 0 unspecified atom stereocenters. The second-order valence-electron chi connectivity index (χ2n) is 8.94. The highest BCUT2D eigenvalue weighted by Crippen LogP contribution is 2.23. The Morgan fingerprint density at radius 1 is 1.26 bits per heavy atom. The average Bonchev–Trinajstić information content (AvgIpc) is 3.24. The number of aromatic carboxylic acids is 1. The smallest absolute Gasteiger partial charge is 0.335 e. The molecule has 1 aliphatic heterocycles. The molecule has 3 heterocycles. The van der Waals surface area contributed by atoms with Crippen LogP contribution in [0, 0.1) is 11.2 Å². The summed E-state index contributed by atoms with van der Waals surface area (Å²) in [4.78, 5) is 20.6. The first-order valence-corrected chi connectivity index (χ1v) is 12.6.